The van der Waals surface area contributed by atoms with Gasteiger partial charge in [0.1, 0.15) is 5.75 Å². The third-order valence-corrected chi connectivity index (χ3v) is 4.56. The van der Waals surface area contributed by atoms with E-state index in [4.69, 9.17) is 4.74 Å². The Balaban J connectivity index is 1.60. The molecule has 2 aromatic rings. The van der Waals surface area contributed by atoms with E-state index in [9.17, 15) is 0 Å². The van der Waals surface area contributed by atoms with Gasteiger partial charge in [0.05, 0.1) is 6.61 Å². The molecule has 5 heteroatoms. The Labute approximate surface area is 142 Å². The van der Waals surface area contributed by atoms with Crippen LogP contribution in [-0.4, -0.2) is 32.7 Å². The fraction of sp³-hybridized carbons (Fsp3) is 0.389. The van der Waals surface area contributed by atoms with Crippen molar-refractivity contribution in [3.8, 4) is 5.75 Å². The van der Waals surface area contributed by atoms with Crippen molar-refractivity contribution in [1.29, 1.82) is 0 Å². The van der Waals surface area contributed by atoms with Crippen LogP contribution >= 0.6 is 11.3 Å². The smallest absolute Gasteiger partial charge is 0.191 e. The summed E-state index contributed by atoms with van der Waals surface area (Å²) in [7, 11) is 1.80. The second kappa shape index (κ2) is 9.90. The van der Waals surface area contributed by atoms with Crippen molar-refractivity contribution in [2.24, 2.45) is 4.99 Å². The van der Waals surface area contributed by atoms with E-state index in [2.05, 4.69) is 40.1 Å². The van der Waals surface area contributed by atoms with Gasteiger partial charge < -0.3 is 15.4 Å². The summed E-state index contributed by atoms with van der Waals surface area (Å²) in [6, 6.07) is 14.2. The molecular weight excluding hydrogens is 306 g/mol. The summed E-state index contributed by atoms with van der Waals surface area (Å²) in [6.07, 6.45) is 0.927. The maximum atomic E-state index is 5.67. The minimum Gasteiger partial charge on any atom is -0.494 e. The number of rotatable bonds is 8. The lowest BCUT2D eigenvalue weighted by atomic mass is 10.1. The highest BCUT2D eigenvalue weighted by atomic mass is 32.1. The van der Waals surface area contributed by atoms with Gasteiger partial charge in [0.2, 0.25) is 0 Å². The van der Waals surface area contributed by atoms with Gasteiger partial charge in [0.25, 0.3) is 0 Å². The molecule has 1 unspecified atom stereocenters. The molecular formula is C18H25N3OS. The van der Waals surface area contributed by atoms with Crippen LogP contribution in [0.15, 0.2) is 52.8 Å². The predicted octanol–water partition coefficient (Wildman–Crippen LogP) is 3.49. The molecule has 0 aliphatic heterocycles. The van der Waals surface area contributed by atoms with E-state index in [1.807, 2.05) is 30.3 Å². The van der Waals surface area contributed by atoms with Crippen molar-refractivity contribution in [2.75, 3.05) is 26.7 Å². The van der Waals surface area contributed by atoms with Crippen LogP contribution in [0.3, 0.4) is 0 Å². The molecule has 1 atom stereocenters. The van der Waals surface area contributed by atoms with E-state index in [-0.39, 0.29) is 0 Å². The lowest BCUT2D eigenvalue weighted by Gasteiger charge is -2.15. The SMILES string of the molecule is CN=C(NCCCOc1ccccc1)NCC(C)c1cccs1. The predicted molar refractivity (Wildman–Crippen MR) is 98.7 cm³/mol. The molecule has 2 rings (SSSR count). The Morgan fingerprint density at radius 3 is 2.70 bits per heavy atom. The number of ether oxygens (including phenoxy) is 1. The van der Waals surface area contributed by atoms with E-state index >= 15 is 0 Å². The van der Waals surface area contributed by atoms with Crippen molar-refractivity contribution in [1.82, 2.24) is 10.6 Å². The number of guanidine groups is 1. The molecule has 1 heterocycles. The first-order chi connectivity index (χ1) is 11.3. The molecule has 0 aliphatic rings. The summed E-state index contributed by atoms with van der Waals surface area (Å²) in [5.41, 5.74) is 0. The summed E-state index contributed by atoms with van der Waals surface area (Å²) in [5.74, 6) is 2.24. The second-order valence-corrected chi connectivity index (χ2v) is 6.29. The van der Waals surface area contributed by atoms with Gasteiger partial charge in [-0.15, -0.1) is 11.3 Å². The highest BCUT2D eigenvalue weighted by Crippen LogP contribution is 2.19. The van der Waals surface area contributed by atoms with Crippen LogP contribution in [0.2, 0.25) is 0 Å². The molecule has 124 valence electrons. The summed E-state index contributed by atoms with van der Waals surface area (Å²) in [5, 5.41) is 8.81. The van der Waals surface area contributed by atoms with Gasteiger partial charge >= 0.3 is 0 Å². The number of benzene rings is 1. The minimum atomic E-state index is 0.481. The van der Waals surface area contributed by atoms with Gasteiger partial charge in [-0.05, 0) is 30.0 Å². The highest BCUT2D eigenvalue weighted by molar-refractivity contribution is 7.10. The van der Waals surface area contributed by atoms with Crippen LogP contribution in [0, 0.1) is 0 Å². The topological polar surface area (TPSA) is 45.7 Å². The minimum absolute atomic E-state index is 0.481. The summed E-state index contributed by atoms with van der Waals surface area (Å²) in [4.78, 5) is 5.65. The standard InChI is InChI=1S/C18H25N3OS/c1-15(17-10-6-13-23-17)14-21-18(19-2)20-11-7-12-22-16-8-4-3-5-9-16/h3-6,8-10,13,15H,7,11-12,14H2,1-2H3,(H2,19,20,21). The molecule has 1 aromatic heterocycles. The molecule has 4 nitrogen and oxygen atoms in total. The number of para-hydroxylation sites is 1. The van der Waals surface area contributed by atoms with E-state index in [0.717, 1.165) is 31.2 Å². The normalized spacial score (nSPS) is 12.7. The monoisotopic (exact) mass is 331 g/mol. The number of nitrogens with one attached hydrogen (secondary N) is 2. The van der Waals surface area contributed by atoms with Crippen molar-refractivity contribution in [3.05, 3.63) is 52.7 Å². The van der Waals surface area contributed by atoms with Crippen LogP contribution in [0.4, 0.5) is 0 Å². The zero-order chi connectivity index (χ0) is 16.3. The van der Waals surface area contributed by atoms with E-state index in [0.29, 0.717) is 12.5 Å². The maximum absolute atomic E-state index is 5.67. The van der Waals surface area contributed by atoms with Crippen LogP contribution in [0.1, 0.15) is 24.1 Å². The molecule has 0 bridgehead atoms. The fourth-order valence-corrected chi connectivity index (χ4v) is 2.92. The van der Waals surface area contributed by atoms with Gasteiger partial charge in [-0.1, -0.05) is 31.2 Å². The molecule has 2 N–H and O–H groups in total. The number of thiophene rings is 1. The van der Waals surface area contributed by atoms with E-state index in [1.165, 1.54) is 4.88 Å². The number of hydrogen-bond acceptors (Lipinski definition) is 3. The number of aliphatic imine (C=N–C) groups is 1. The molecule has 0 saturated carbocycles. The van der Waals surface area contributed by atoms with Crippen molar-refractivity contribution in [3.63, 3.8) is 0 Å². The lowest BCUT2D eigenvalue weighted by molar-refractivity contribution is 0.311. The van der Waals surface area contributed by atoms with Crippen molar-refractivity contribution < 1.29 is 4.74 Å². The maximum Gasteiger partial charge on any atom is 0.191 e. The summed E-state index contributed by atoms with van der Waals surface area (Å²) in [6.45, 7) is 4.63. The molecule has 1 aromatic carbocycles. The lowest BCUT2D eigenvalue weighted by Crippen LogP contribution is -2.39. The Morgan fingerprint density at radius 1 is 1.17 bits per heavy atom. The molecule has 0 amide bonds. The van der Waals surface area contributed by atoms with E-state index in [1.54, 1.807) is 18.4 Å². The average molecular weight is 331 g/mol. The fourth-order valence-electron chi connectivity index (χ4n) is 2.13. The van der Waals surface area contributed by atoms with Gasteiger partial charge in [0.15, 0.2) is 5.96 Å². The summed E-state index contributed by atoms with van der Waals surface area (Å²) >= 11 is 1.80. The van der Waals surface area contributed by atoms with Crippen LogP contribution < -0.4 is 15.4 Å². The molecule has 0 saturated heterocycles. The molecule has 0 aliphatic carbocycles. The first-order valence-electron chi connectivity index (χ1n) is 7.95. The van der Waals surface area contributed by atoms with Crippen molar-refractivity contribution in [2.45, 2.75) is 19.3 Å². The van der Waals surface area contributed by atoms with Crippen molar-refractivity contribution >= 4 is 17.3 Å². The molecule has 23 heavy (non-hydrogen) atoms. The first kappa shape index (κ1) is 17.3. The van der Waals surface area contributed by atoms with E-state index < -0.39 is 0 Å². The largest absolute Gasteiger partial charge is 0.494 e. The quantitative estimate of drug-likeness (QED) is 0.442. The third kappa shape index (κ3) is 6.32. The Bertz CT molecular complexity index is 569. The zero-order valence-electron chi connectivity index (χ0n) is 13.8. The molecule has 0 spiro atoms. The Hall–Kier alpha value is -2.01. The van der Waals surface area contributed by atoms with Crippen LogP contribution in [-0.2, 0) is 0 Å². The van der Waals surface area contributed by atoms with Crippen LogP contribution in [0.25, 0.3) is 0 Å². The highest BCUT2D eigenvalue weighted by Gasteiger charge is 2.07. The third-order valence-electron chi connectivity index (χ3n) is 3.45. The Morgan fingerprint density at radius 2 is 2.00 bits per heavy atom. The first-order valence-corrected chi connectivity index (χ1v) is 8.83. The van der Waals surface area contributed by atoms with Gasteiger partial charge in [-0.2, -0.15) is 0 Å². The second-order valence-electron chi connectivity index (χ2n) is 5.31. The van der Waals surface area contributed by atoms with Crippen LogP contribution in [0.5, 0.6) is 5.75 Å². The van der Waals surface area contributed by atoms with Gasteiger partial charge in [-0.25, -0.2) is 0 Å². The zero-order valence-corrected chi connectivity index (χ0v) is 14.6. The molecule has 0 radical (unpaired) electrons. The van der Waals surface area contributed by atoms with Gasteiger partial charge in [-0.3, -0.25) is 4.99 Å². The number of nitrogens with zero attached hydrogens (tertiary/aromatic N) is 1. The molecule has 0 fully saturated rings. The number of hydrogen-bond donors (Lipinski definition) is 2. The average Bonchev–Trinajstić information content (AvgIpc) is 3.12. The van der Waals surface area contributed by atoms with Gasteiger partial charge in [0, 0.05) is 30.9 Å². The Kier molecular flexibility index (Phi) is 7.46. The summed E-state index contributed by atoms with van der Waals surface area (Å²) < 4.78 is 5.67.